The van der Waals surface area contributed by atoms with Gasteiger partial charge in [-0.05, 0) is 75.3 Å². The first-order valence-corrected chi connectivity index (χ1v) is 12.1. The third-order valence-corrected chi connectivity index (χ3v) is 6.54. The van der Waals surface area contributed by atoms with Crippen molar-refractivity contribution in [1.82, 2.24) is 19.6 Å². The van der Waals surface area contributed by atoms with Gasteiger partial charge in [-0.3, -0.25) is 19.6 Å². The van der Waals surface area contributed by atoms with E-state index in [-0.39, 0.29) is 0 Å². The Morgan fingerprint density at radius 3 is 1.61 bits per heavy atom. The van der Waals surface area contributed by atoms with E-state index in [0.29, 0.717) is 42.8 Å². The molecule has 0 bridgehead atoms. The number of hydrogen-bond donors (Lipinski definition) is 0. The van der Waals surface area contributed by atoms with Crippen LogP contribution >= 0.6 is 0 Å². The molecule has 0 saturated carbocycles. The monoisotopic (exact) mass is 396 g/mol. The second-order valence-electron chi connectivity index (χ2n) is 9.97. The molecular weight excluding hydrogens is 344 g/mol. The average molecular weight is 397 g/mol. The Morgan fingerprint density at radius 1 is 0.750 bits per heavy atom. The minimum absolute atomic E-state index is 0.407. The molecular formula is C24H52N4. The molecule has 4 nitrogen and oxygen atoms in total. The van der Waals surface area contributed by atoms with Gasteiger partial charge in [-0.1, -0.05) is 39.5 Å². The molecule has 1 heterocycles. The van der Waals surface area contributed by atoms with E-state index in [9.17, 15) is 0 Å². The summed E-state index contributed by atoms with van der Waals surface area (Å²) in [5.41, 5.74) is 0. The molecule has 0 amide bonds. The van der Waals surface area contributed by atoms with E-state index in [0.717, 1.165) is 0 Å². The topological polar surface area (TPSA) is 13.0 Å². The normalized spacial score (nSPS) is 23.0. The molecule has 1 atom stereocenters. The molecule has 1 saturated heterocycles. The summed E-state index contributed by atoms with van der Waals surface area (Å²) in [7, 11) is 2.33. The van der Waals surface area contributed by atoms with E-state index >= 15 is 0 Å². The maximum absolute atomic E-state index is 2.82. The molecule has 0 spiro atoms. The summed E-state index contributed by atoms with van der Waals surface area (Å²) in [6.45, 7) is 23.6. The smallest absolute Gasteiger partial charge is 0.124 e. The van der Waals surface area contributed by atoms with Crippen LogP contribution in [0.3, 0.4) is 0 Å². The van der Waals surface area contributed by atoms with Crippen molar-refractivity contribution in [2.75, 3.05) is 7.05 Å². The zero-order valence-electron chi connectivity index (χ0n) is 21.1. The molecule has 0 N–H and O–H groups in total. The number of rotatable bonds is 13. The van der Waals surface area contributed by atoms with Crippen LogP contribution in [0.25, 0.3) is 0 Å². The average Bonchev–Trinajstić information content (AvgIpc) is 2.57. The van der Waals surface area contributed by atoms with Gasteiger partial charge in [0.15, 0.2) is 0 Å². The van der Waals surface area contributed by atoms with Crippen molar-refractivity contribution >= 4 is 0 Å². The SMILES string of the molecule is CCCCC(N(C)C(C)C)N(C(C)C)C1N(C(C)C)C(CCCC)N1C(C)C. The van der Waals surface area contributed by atoms with E-state index < -0.39 is 0 Å². The molecule has 1 aliphatic rings. The summed E-state index contributed by atoms with van der Waals surface area (Å²) in [5, 5.41) is 0. The minimum atomic E-state index is 0.407. The third kappa shape index (κ3) is 5.93. The Labute approximate surface area is 177 Å². The molecule has 0 aromatic rings. The molecule has 1 rings (SSSR count). The van der Waals surface area contributed by atoms with Crippen LogP contribution in [0.1, 0.15) is 108 Å². The van der Waals surface area contributed by atoms with E-state index in [4.69, 9.17) is 0 Å². The summed E-state index contributed by atoms with van der Waals surface area (Å²) in [5.74, 6) is 0. The summed E-state index contributed by atoms with van der Waals surface area (Å²) >= 11 is 0. The van der Waals surface area contributed by atoms with Crippen molar-refractivity contribution in [2.45, 2.75) is 151 Å². The zero-order valence-corrected chi connectivity index (χ0v) is 21.1. The lowest BCUT2D eigenvalue weighted by atomic mass is 10.0. The van der Waals surface area contributed by atoms with E-state index in [1.54, 1.807) is 0 Å². The highest BCUT2D eigenvalue weighted by Crippen LogP contribution is 2.39. The molecule has 28 heavy (non-hydrogen) atoms. The van der Waals surface area contributed by atoms with Crippen LogP contribution in [-0.4, -0.2) is 69.4 Å². The van der Waals surface area contributed by atoms with E-state index in [1.165, 1.54) is 38.5 Å². The maximum Gasteiger partial charge on any atom is 0.124 e. The molecule has 0 aliphatic carbocycles. The minimum Gasteiger partial charge on any atom is -0.288 e. The molecule has 0 aromatic heterocycles. The van der Waals surface area contributed by atoms with Gasteiger partial charge in [0, 0.05) is 24.2 Å². The molecule has 1 unspecified atom stereocenters. The van der Waals surface area contributed by atoms with Crippen LogP contribution in [0.15, 0.2) is 0 Å². The Bertz CT molecular complexity index is 405. The molecule has 4 heteroatoms. The van der Waals surface area contributed by atoms with Gasteiger partial charge in [-0.2, -0.15) is 0 Å². The van der Waals surface area contributed by atoms with E-state index in [2.05, 4.69) is 95.9 Å². The van der Waals surface area contributed by atoms with Crippen LogP contribution in [-0.2, 0) is 0 Å². The van der Waals surface area contributed by atoms with Gasteiger partial charge >= 0.3 is 0 Å². The lowest BCUT2D eigenvalue weighted by Gasteiger charge is -2.66. The first-order valence-electron chi connectivity index (χ1n) is 12.1. The largest absolute Gasteiger partial charge is 0.288 e. The zero-order chi connectivity index (χ0) is 21.6. The van der Waals surface area contributed by atoms with Crippen molar-refractivity contribution < 1.29 is 0 Å². The van der Waals surface area contributed by atoms with Crippen LogP contribution in [0.5, 0.6) is 0 Å². The standard InChI is InChI=1S/C24H52N4/c1-12-14-16-22(25(11)18(3)4)26(19(5)6)24-27(20(7)8)23(17-15-13-2)28(24)21(9)10/h18-24H,12-17H2,1-11H3. The fraction of sp³-hybridized carbons (Fsp3) is 1.00. The predicted molar refractivity (Wildman–Crippen MR) is 124 cm³/mol. The van der Waals surface area contributed by atoms with Crippen LogP contribution in [0.4, 0.5) is 0 Å². The molecule has 0 aromatic carbocycles. The maximum atomic E-state index is 2.82. The van der Waals surface area contributed by atoms with Gasteiger partial charge in [0.25, 0.3) is 0 Å². The number of unbranched alkanes of at least 4 members (excludes halogenated alkanes) is 2. The lowest BCUT2D eigenvalue weighted by Crippen LogP contribution is -2.81. The van der Waals surface area contributed by atoms with Crippen LogP contribution < -0.4 is 0 Å². The molecule has 1 aliphatic heterocycles. The van der Waals surface area contributed by atoms with Gasteiger partial charge in [0.2, 0.25) is 0 Å². The highest BCUT2D eigenvalue weighted by atomic mass is 15.7. The summed E-state index contributed by atoms with van der Waals surface area (Å²) < 4.78 is 0. The molecule has 0 radical (unpaired) electrons. The molecule has 1 fully saturated rings. The Morgan fingerprint density at radius 2 is 1.25 bits per heavy atom. The second-order valence-corrected chi connectivity index (χ2v) is 9.97. The highest BCUT2D eigenvalue weighted by molar-refractivity contribution is 4.97. The number of hydrogen-bond acceptors (Lipinski definition) is 4. The van der Waals surface area contributed by atoms with Gasteiger partial charge in [0.05, 0.1) is 12.3 Å². The fourth-order valence-electron chi connectivity index (χ4n) is 4.82. The van der Waals surface area contributed by atoms with Gasteiger partial charge in [-0.15, -0.1) is 0 Å². The third-order valence-electron chi connectivity index (χ3n) is 6.54. The Kier molecular flexibility index (Phi) is 11.0. The quantitative estimate of drug-likeness (QED) is 0.365. The van der Waals surface area contributed by atoms with Crippen molar-refractivity contribution in [3.8, 4) is 0 Å². The van der Waals surface area contributed by atoms with Crippen molar-refractivity contribution in [3.05, 3.63) is 0 Å². The van der Waals surface area contributed by atoms with Crippen molar-refractivity contribution in [3.63, 3.8) is 0 Å². The highest BCUT2D eigenvalue weighted by Gasteiger charge is 2.52. The van der Waals surface area contributed by atoms with Crippen molar-refractivity contribution in [2.24, 2.45) is 0 Å². The predicted octanol–water partition coefficient (Wildman–Crippen LogP) is 5.79. The first-order chi connectivity index (χ1) is 13.1. The van der Waals surface area contributed by atoms with Crippen LogP contribution in [0, 0.1) is 0 Å². The second kappa shape index (κ2) is 11.9. The molecule has 168 valence electrons. The van der Waals surface area contributed by atoms with Gasteiger partial charge in [0.1, 0.15) is 6.29 Å². The lowest BCUT2D eigenvalue weighted by molar-refractivity contribution is -0.289. The Hall–Kier alpha value is -0.160. The van der Waals surface area contributed by atoms with Gasteiger partial charge in [-0.25, -0.2) is 0 Å². The van der Waals surface area contributed by atoms with Gasteiger partial charge < -0.3 is 0 Å². The van der Waals surface area contributed by atoms with Crippen molar-refractivity contribution in [1.29, 1.82) is 0 Å². The first kappa shape index (κ1) is 25.9. The number of nitrogens with zero attached hydrogens (tertiary/aromatic N) is 4. The summed E-state index contributed by atoms with van der Waals surface area (Å²) in [4.78, 5) is 11.0. The Balaban J connectivity index is 3.28. The summed E-state index contributed by atoms with van der Waals surface area (Å²) in [6.07, 6.45) is 9.16. The van der Waals surface area contributed by atoms with E-state index in [1.807, 2.05) is 0 Å². The fourth-order valence-corrected chi connectivity index (χ4v) is 4.82. The summed E-state index contributed by atoms with van der Waals surface area (Å²) in [6, 6.07) is 2.21. The van der Waals surface area contributed by atoms with Crippen LogP contribution in [0.2, 0.25) is 0 Å².